The van der Waals surface area contributed by atoms with Gasteiger partial charge in [0.2, 0.25) is 11.8 Å². The number of piperidine rings is 1. The Morgan fingerprint density at radius 2 is 1.77 bits per heavy atom. The van der Waals surface area contributed by atoms with Gasteiger partial charge in [0.1, 0.15) is 6.04 Å². The van der Waals surface area contributed by atoms with Gasteiger partial charge in [-0.3, -0.25) is 14.4 Å². The number of morpholine rings is 1. The number of rotatable bonds is 4. The van der Waals surface area contributed by atoms with Crippen LogP contribution in [-0.4, -0.2) is 61.5 Å². The Kier molecular flexibility index (Phi) is 5.88. The molecule has 1 aromatic rings. The lowest BCUT2D eigenvalue weighted by atomic mass is 10.1. The van der Waals surface area contributed by atoms with Crippen LogP contribution in [0.1, 0.15) is 36.5 Å². The fourth-order valence-electron chi connectivity index (χ4n) is 3.27. The molecular weight excluding hydrogens is 334 g/mol. The van der Waals surface area contributed by atoms with Crippen LogP contribution in [0, 0.1) is 0 Å². The van der Waals surface area contributed by atoms with Gasteiger partial charge in [0.05, 0.1) is 13.2 Å². The van der Waals surface area contributed by atoms with Crippen molar-refractivity contribution in [1.82, 2.24) is 10.2 Å². The highest BCUT2D eigenvalue weighted by Crippen LogP contribution is 2.21. The Morgan fingerprint density at radius 3 is 2.42 bits per heavy atom. The van der Waals surface area contributed by atoms with Gasteiger partial charge >= 0.3 is 0 Å². The highest BCUT2D eigenvalue weighted by atomic mass is 16.5. The number of anilines is 1. The lowest BCUT2D eigenvalue weighted by Gasteiger charge is -2.29. The van der Waals surface area contributed by atoms with E-state index in [0.717, 1.165) is 25.1 Å². The highest BCUT2D eigenvalue weighted by molar-refractivity contribution is 5.98. The van der Waals surface area contributed by atoms with E-state index in [4.69, 9.17) is 4.74 Å². The minimum atomic E-state index is -0.594. The topological polar surface area (TPSA) is 79.0 Å². The van der Waals surface area contributed by atoms with E-state index in [1.54, 1.807) is 41.0 Å². The molecule has 0 unspecified atom stereocenters. The van der Waals surface area contributed by atoms with E-state index in [2.05, 4.69) is 5.32 Å². The van der Waals surface area contributed by atoms with E-state index < -0.39 is 6.04 Å². The number of carbonyl (C=O) groups excluding carboxylic acids is 3. The fraction of sp³-hybridized carbons (Fsp3) is 0.526. The molecule has 3 amide bonds. The van der Waals surface area contributed by atoms with Crippen molar-refractivity contribution in [3.05, 3.63) is 29.8 Å². The minimum absolute atomic E-state index is 0.0998. The van der Waals surface area contributed by atoms with Crippen molar-refractivity contribution in [3.63, 3.8) is 0 Å². The summed E-state index contributed by atoms with van der Waals surface area (Å²) in [5.74, 6) is -0.272. The second-order valence-electron chi connectivity index (χ2n) is 6.68. The summed E-state index contributed by atoms with van der Waals surface area (Å²) in [4.78, 5) is 40.2. The van der Waals surface area contributed by atoms with Crippen molar-refractivity contribution in [1.29, 1.82) is 0 Å². The Bertz CT molecular complexity index is 668. The van der Waals surface area contributed by atoms with Gasteiger partial charge in [0.25, 0.3) is 5.91 Å². The molecule has 0 radical (unpaired) electrons. The molecule has 7 nitrogen and oxygen atoms in total. The van der Waals surface area contributed by atoms with Crippen molar-refractivity contribution in [2.75, 3.05) is 37.7 Å². The zero-order valence-electron chi connectivity index (χ0n) is 15.1. The second kappa shape index (κ2) is 8.31. The molecule has 2 heterocycles. The van der Waals surface area contributed by atoms with Crippen LogP contribution in [0.15, 0.2) is 24.3 Å². The summed E-state index contributed by atoms with van der Waals surface area (Å²) < 4.78 is 5.24. The van der Waals surface area contributed by atoms with E-state index in [-0.39, 0.29) is 17.7 Å². The Hall–Kier alpha value is -2.41. The molecule has 3 rings (SSSR count). The SMILES string of the molecule is C[C@H](NC(=O)c1ccc(N2CCCCC2=O)cc1)C(=O)N1CCOCC1. The van der Waals surface area contributed by atoms with Crippen LogP contribution in [0.25, 0.3) is 0 Å². The molecule has 2 saturated heterocycles. The maximum atomic E-state index is 12.4. The first-order chi connectivity index (χ1) is 12.6. The van der Waals surface area contributed by atoms with Gasteiger partial charge in [-0.1, -0.05) is 0 Å². The first-order valence-electron chi connectivity index (χ1n) is 9.14. The summed E-state index contributed by atoms with van der Waals surface area (Å²) in [5.41, 5.74) is 1.28. The molecule has 0 bridgehead atoms. The van der Waals surface area contributed by atoms with Gasteiger partial charge in [0, 0.05) is 37.3 Å². The van der Waals surface area contributed by atoms with Crippen LogP contribution in [0.3, 0.4) is 0 Å². The molecule has 1 aromatic carbocycles. The summed E-state index contributed by atoms with van der Waals surface area (Å²) in [6.07, 6.45) is 2.50. The van der Waals surface area contributed by atoms with Crippen LogP contribution in [0.2, 0.25) is 0 Å². The number of hydrogen-bond acceptors (Lipinski definition) is 4. The first kappa shape index (κ1) is 18.4. The standard InChI is InChI=1S/C19H25N3O4/c1-14(19(25)21-10-12-26-13-11-21)20-18(24)15-5-7-16(8-6-15)22-9-3-2-4-17(22)23/h5-8,14H,2-4,9-13H2,1H3,(H,20,24)/t14-/m0/s1. The van der Waals surface area contributed by atoms with Crippen LogP contribution < -0.4 is 10.2 Å². The molecule has 0 spiro atoms. The summed E-state index contributed by atoms with van der Waals surface area (Å²) >= 11 is 0. The molecule has 0 aliphatic carbocycles. The average molecular weight is 359 g/mol. The zero-order chi connectivity index (χ0) is 18.5. The van der Waals surface area contributed by atoms with Crippen molar-refractivity contribution in [2.45, 2.75) is 32.2 Å². The number of hydrogen-bond donors (Lipinski definition) is 1. The zero-order valence-corrected chi connectivity index (χ0v) is 15.1. The van der Waals surface area contributed by atoms with E-state index in [1.807, 2.05) is 0 Å². The molecular formula is C19H25N3O4. The maximum absolute atomic E-state index is 12.4. The van der Waals surface area contributed by atoms with Crippen LogP contribution in [-0.2, 0) is 14.3 Å². The smallest absolute Gasteiger partial charge is 0.251 e. The lowest BCUT2D eigenvalue weighted by Crippen LogP contribution is -2.50. The van der Waals surface area contributed by atoms with Crippen molar-refractivity contribution in [2.24, 2.45) is 0 Å². The second-order valence-corrected chi connectivity index (χ2v) is 6.68. The maximum Gasteiger partial charge on any atom is 0.251 e. The van der Waals surface area contributed by atoms with Crippen molar-refractivity contribution < 1.29 is 19.1 Å². The Labute approximate surface area is 153 Å². The largest absolute Gasteiger partial charge is 0.378 e. The Morgan fingerprint density at radius 1 is 1.08 bits per heavy atom. The molecule has 1 atom stereocenters. The fourth-order valence-corrected chi connectivity index (χ4v) is 3.27. The monoisotopic (exact) mass is 359 g/mol. The average Bonchev–Trinajstić information content (AvgIpc) is 2.68. The van der Waals surface area contributed by atoms with Crippen LogP contribution >= 0.6 is 0 Å². The van der Waals surface area contributed by atoms with Crippen molar-refractivity contribution >= 4 is 23.4 Å². The number of benzene rings is 1. The van der Waals surface area contributed by atoms with Gasteiger partial charge in [-0.25, -0.2) is 0 Å². The van der Waals surface area contributed by atoms with E-state index >= 15 is 0 Å². The van der Waals surface area contributed by atoms with Crippen LogP contribution in [0.5, 0.6) is 0 Å². The van der Waals surface area contributed by atoms with Gasteiger partial charge in [-0.2, -0.15) is 0 Å². The molecule has 2 aliphatic rings. The number of nitrogens with zero attached hydrogens (tertiary/aromatic N) is 2. The molecule has 26 heavy (non-hydrogen) atoms. The quantitative estimate of drug-likeness (QED) is 0.876. The molecule has 140 valence electrons. The lowest BCUT2D eigenvalue weighted by molar-refractivity contribution is -0.136. The van der Waals surface area contributed by atoms with Crippen molar-refractivity contribution in [3.8, 4) is 0 Å². The molecule has 0 aromatic heterocycles. The third-order valence-corrected chi connectivity index (χ3v) is 4.81. The molecule has 0 saturated carbocycles. The summed E-state index contributed by atoms with van der Waals surface area (Å²) in [6, 6.07) is 6.36. The third kappa shape index (κ3) is 4.22. The Balaban J connectivity index is 1.59. The van der Waals surface area contributed by atoms with Gasteiger partial charge in [-0.15, -0.1) is 0 Å². The number of ether oxygens (including phenoxy) is 1. The third-order valence-electron chi connectivity index (χ3n) is 4.81. The number of carbonyl (C=O) groups is 3. The predicted octanol–water partition coefficient (Wildman–Crippen LogP) is 1.18. The molecule has 1 N–H and O–H groups in total. The number of amides is 3. The number of nitrogens with one attached hydrogen (secondary N) is 1. The summed E-state index contributed by atoms with van der Waals surface area (Å²) in [7, 11) is 0. The van der Waals surface area contributed by atoms with Crippen LogP contribution in [0.4, 0.5) is 5.69 Å². The van der Waals surface area contributed by atoms with Gasteiger partial charge in [-0.05, 0) is 44.0 Å². The summed E-state index contributed by atoms with van der Waals surface area (Å²) in [5, 5.41) is 2.75. The highest BCUT2D eigenvalue weighted by Gasteiger charge is 2.24. The molecule has 2 fully saturated rings. The molecule has 2 aliphatic heterocycles. The molecule has 7 heteroatoms. The van der Waals surface area contributed by atoms with E-state index in [0.29, 0.717) is 38.3 Å². The minimum Gasteiger partial charge on any atom is -0.378 e. The summed E-state index contributed by atoms with van der Waals surface area (Å²) in [6.45, 7) is 4.58. The predicted molar refractivity (Wildman–Crippen MR) is 97.0 cm³/mol. The van der Waals surface area contributed by atoms with Gasteiger partial charge in [0.15, 0.2) is 0 Å². The van der Waals surface area contributed by atoms with E-state index in [1.165, 1.54) is 0 Å². The van der Waals surface area contributed by atoms with E-state index in [9.17, 15) is 14.4 Å². The normalized spacial score (nSPS) is 19.2. The first-order valence-corrected chi connectivity index (χ1v) is 9.14. The van der Waals surface area contributed by atoms with Gasteiger partial charge < -0.3 is 19.9 Å².